The van der Waals surface area contributed by atoms with E-state index in [2.05, 4.69) is 45.1 Å². The number of carbonyl (C=O) groups excluding carboxylic acids is 3. The molecule has 0 aromatic rings. The molecule has 0 saturated carbocycles. The molecular weight excluding hydrogens is 841 g/mol. The molecule has 0 aliphatic heterocycles. The summed E-state index contributed by atoms with van der Waals surface area (Å²) in [5.74, 6) is -0.861. The van der Waals surface area contributed by atoms with Gasteiger partial charge in [-0.2, -0.15) is 0 Å². The molecule has 6 nitrogen and oxygen atoms in total. The molecule has 68 heavy (non-hydrogen) atoms. The predicted molar refractivity (Wildman–Crippen MR) is 293 cm³/mol. The average molecular weight is 958 g/mol. The number of allylic oxidation sites excluding steroid dienone is 4. The van der Waals surface area contributed by atoms with Gasteiger partial charge < -0.3 is 14.2 Å². The second-order valence-corrected chi connectivity index (χ2v) is 20.6. The van der Waals surface area contributed by atoms with Crippen LogP contribution in [0.15, 0.2) is 24.3 Å². The number of rotatable bonds is 56. The van der Waals surface area contributed by atoms with Crippen molar-refractivity contribution in [3.8, 4) is 0 Å². The first-order chi connectivity index (χ1) is 33.5. The van der Waals surface area contributed by atoms with Gasteiger partial charge in [-0.15, -0.1) is 0 Å². The molecule has 0 radical (unpaired) electrons. The van der Waals surface area contributed by atoms with Gasteiger partial charge in [-0.05, 0) is 51.4 Å². The number of esters is 3. The summed E-state index contributed by atoms with van der Waals surface area (Å²) in [6.07, 6.45) is 67.4. The van der Waals surface area contributed by atoms with Gasteiger partial charge in [-0.3, -0.25) is 14.4 Å². The van der Waals surface area contributed by atoms with Crippen molar-refractivity contribution in [2.75, 3.05) is 13.2 Å². The monoisotopic (exact) mass is 957 g/mol. The molecule has 0 spiro atoms. The smallest absolute Gasteiger partial charge is 0.306 e. The minimum absolute atomic E-state index is 0.0713. The van der Waals surface area contributed by atoms with E-state index in [1.54, 1.807) is 0 Å². The summed E-state index contributed by atoms with van der Waals surface area (Å²) in [7, 11) is 0. The Kier molecular flexibility index (Phi) is 55.7. The molecule has 1 unspecified atom stereocenters. The van der Waals surface area contributed by atoms with E-state index in [0.29, 0.717) is 19.3 Å². The summed E-state index contributed by atoms with van der Waals surface area (Å²) in [6.45, 7) is 6.67. The van der Waals surface area contributed by atoms with Gasteiger partial charge in [0.25, 0.3) is 0 Å². The number of carbonyl (C=O) groups is 3. The normalized spacial score (nSPS) is 12.1. The Balaban J connectivity index is 4.31. The van der Waals surface area contributed by atoms with Crippen LogP contribution >= 0.6 is 0 Å². The Hall–Kier alpha value is -2.11. The van der Waals surface area contributed by atoms with Crippen molar-refractivity contribution < 1.29 is 28.6 Å². The third kappa shape index (κ3) is 54.8. The van der Waals surface area contributed by atoms with Crippen LogP contribution in [0, 0.1) is 0 Å². The zero-order valence-corrected chi connectivity index (χ0v) is 45.9. The quantitative estimate of drug-likeness (QED) is 0.0262. The summed E-state index contributed by atoms with van der Waals surface area (Å²) in [4.78, 5) is 38.2. The van der Waals surface area contributed by atoms with E-state index < -0.39 is 6.10 Å². The Morgan fingerprint density at radius 1 is 0.294 bits per heavy atom. The highest BCUT2D eigenvalue weighted by atomic mass is 16.6. The van der Waals surface area contributed by atoms with E-state index in [0.717, 1.165) is 77.0 Å². The third-order valence-electron chi connectivity index (χ3n) is 13.7. The van der Waals surface area contributed by atoms with Crippen LogP contribution < -0.4 is 0 Å². The summed E-state index contributed by atoms with van der Waals surface area (Å²) in [5.41, 5.74) is 0. The lowest BCUT2D eigenvalue weighted by Gasteiger charge is -2.18. The van der Waals surface area contributed by atoms with Crippen LogP contribution in [0.3, 0.4) is 0 Å². The molecule has 6 heteroatoms. The summed E-state index contributed by atoms with van der Waals surface area (Å²) in [5, 5.41) is 0. The van der Waals surface area contributed by atoms with E-state index in [1.807, 2.05) is 0 Å². The molecule has 0 heterocycles. The van der Waals surface area contributed by atoms with Gasteiger partial charge in [0.1, 0.15) is 13.2 Å². The van der Waals surface area contributed by atoms with Gasteiger partial charge >= 0.3 is 17.9 Å². The van der Waals surface area contributed by atoms with Crippen LogP contribution in [-0.2, 0) is 28.6 Å². The largest absolute Gasteiger partial charge is 0.462 e. The van der Waals surface area contributed by atoms with Gasteiger partial charge in [0, 0.05) is 19.3 Å². The van der Waals surface area contributed by atoms with Gasteiger partial charge in [0.05, 0.1) is 0 Å². The van der Waals surface area contributed by atoms with Crippen molar-refractivity contribution in [1.82, 2.24) is 0 Å². The number of ether oxygens (including phenoxy) is 3. The molecule has 0 rings (SSSR count). The predicted octanol–water partition coefficient (Wildman–Crippen LogP) is 20.3. The fraction of sp³-hybridized carbons (Fsp3) is 0.887. The van der Waals surface area contributed by atoms with Gasteiger partial charge in [-0.25, -0.2) is 0 Å². The lowest BCUT2D eigenvalue weighted by molar-refractivity contribution is -0.167. The molecule has 0 N–H and O–H groups in total. The van der Waals surface area contributed by atoms with E-state index >= 15 is 0 Å². The minimum Gasteiger partial charge on any atom is -0.462 e. The van der Waals surface area contributed by atoms with Gasteiger partial charge in [-0.1, -0.05) is 289 Å². The number of unbranched alkanes of at least 4 members (excludes halogenated alkanes) is 41. The van der Waals surface area contributed by atoms with Crippen molar-refractivity contribution in [1.29, 1.82) is 0 Å². The molecule has 0 aliphatic carbocycles. The van der Waals surface area contributed by atoms with Crippen LogP contribution in [-0.4, -0.2) is 37.2 Å². The Bertz CT molecular complexity index is 1100. The first kappa shape index (κ1) is 65.9. The summed E-state index contributed by atoms with van der Waals surface area (Å²) < 4.78 is 16.9. The second kappa shape index (κ2) is 57.5. The van der Waals surface area contributed by atoms with Crippen LogP contribution in [0.5, 0.6) is 0 Å². The minimum atomic E-state index is -0.774. The molecule has 1 atom stereocenters. The van der Waals surface area contributed by atoms with Crippen molar-refractivity contribution in [2.24, 2.45) is 0 Å². The molecule has 0 bridgehead atoms. The highest BCUT2D eigenvalue weighted by Crippen LogP contribution is 2.17. The maximum atomic E-state index is 12.9. The Morgan fingerprint density at radius 3 is 0.824 bits per heavy atom. The Labute approximate surface area is 423 Å². The van der Waals surface area contributed by atoms with Crippen LogP contribution in [0.25, 0.3) is 0 Å². The zero-order chi connectivity index (χ0) is 49.3. The van der Waals surface area contributed by atoms with Gasteiger partial charge in [0.15, 0.2) is 6.10 Å². The van der Waals surface area contributed by atoms with Crippen molar-refractivity contribution in [3.05, 3.63) is 24.3 Å². The third-order valence-corrected chi connectivity index (χ3v) is 13.7. The molecule has 0 amide bonds. The second-order valence-electron chi connectivity index (χ2n) is 20.6. The molecule has 0 aliphatic rings. The average Bonchev–Trinajstić information content (AvgIpc) is 3.34. The van der Waals surface area contributed by atoms with Crippen molar-refractivity contribution in [2.45, 2.75) is 341 Å². The van der Waals surface area contributed by atoms with Crippen LogP contribution in [0.1, 0.15) is 335 Å². The van der Waals surface area contributed by atoms with E-state index in [4.69, 9.17) is 14.2 Å². The number of hydrogen-bond donors (Lipinski definition) is 0. The topological polar surface area (TPSA) is 78.9 Å². The molecule has 400 valence electrons. The maximum Gasteiger partial charge on any atom is 0.306 e. The van der Waals surface area contributed by atoms with E-state index in [1.165, 1.54) is 218 Å². The SMILES string of the molecule is CCCCCC/C=C\C/C=C\CCCCCCCC(=O)OC(COC(=O)CCCCCCCCCCCCCCCC)COC(=O)CCCCCCCCCCCCCCCCCCCCCC. The summed E-state index contributed by atoms with van der Waals surface area (Å²) in [6, 6.07) is 0. The van der Waals surface area contributed by atoms with Crippen molar-refractivity contribution in [3.63, 3.8) is 0 Å². The molecule has 0 aromatic carbocycles. The highest BCUT2D eigenvalue weighted by Gasteiger charge is 2.19. The standard InChI is InChI=1S/C62H116O6/c1-4-7-10-13-16-19-22-25-28-30-31-32-33-35-37-40-43-46-49-52-55-61(64)67-58-59(57-66-60(63)54-51-48-45-42-39-36-27-24-21-18-15-12-9-6-3)68-62(65)56-53-50-47-44-41-38-34-29-26-23-20-17-14-11-8-5-2/h20,23,29,34,59H,4-19,21-22,24-28,30-33,35-58H2,1-3H3/b23-20-,34-29-. The first-order valence-corrected chi connectivity index (χ1v) is 30.3. The van der Waals surface area contributed by atoms with Crippen LogP contribution in [0.2, 0.25) is 0 Å². The van der Waals surface area contributed by atoms with E-state index in [9.17, 15) is 14.4 Å². The zero-order valence-electron chi connectivity index (χ0n) is 45.9. The fourth-order valence-electron chi connectivity index (χ4n) is 9.12. The fourth-order valence-corrected chi connectivity index (χ4v) is 9.12. The maximum absolute atomic E-state index is 12.9. The Morgan fingerprint density at radius 2 is 0.529 bits per heavy atom. The molecular formula is C62H116O6. The van der Waals surface area contributed by atoms with E-state index in [-0.39, 0.29) is 31.1 Å². The first-order valence-electron chi connectivity index (χ1n) is 30.3. The van der Waals surface area contributed by atoms with Gasteiger partial charge in [0.2, 0.25) is 0 Å². The lowest BCUT2D eigenvalue weighted by Crippen LogP contribution is -2.30. The summed E-state index contributed by atoms with van der Waals surface area (Å²) >= 11 is 0. The highest BCUT2D eigenvalue weighted by molar-refractivity contribution is 5.71. The molecule has 0 saturated heterocycles. The van der Waals surface area contributed by atoms with Crippen molar-refractivity contribution >= 4 is 17.9 Å². The lowest BCUT2D eigenvalue weighted by atomic mass is 10.0. The number of hydrogen-bond acceptors (Lipinski definition) is 6. The molecule has 0 aromatic heterocycles. The molecule has 0 fully saturated rings. The van der Waals surface area contributed by atoms with Crippen LogP contribution in [0.4, 0.5) is 0 Å².